The van der Waals surface area contributed by atoms with Crippen molar-refractivity contribution in [2.75, 3.05) is 32.8 Å². The minimum atomic E-state index is -0.783. The Bertz CT molecular complexity index is 295. The van der Waals surface area contributed by atoms with Crippen LogP contribution < -0.4 is 10.6 Å². The van der Waals surface area contributed by atoms with E-state index in [4.69, 9.17) is 4.74 Å². The molecule has 3 N–H and O–H groups in total. The second-order valence-corrected chi connectivity index (χ2v) is 5.58. The largest absolute Gasteiger partial charge is 0.388 e. The molecule has 5 nitrogen and oxygen atoms in total. The summed E-state index contributed by atoms with van der Waals surface area (Å²) in [5.41, 5.74) is -1.06. The lowest BCUT2D eigenvalue weighted by Crippen LogP contribution is -2.50. The van der Waals surface area contributed by atoms with Crippen LogP contribution in [0.2, 0.25) is 0 Å². The molecule has 0 aromatic rings. The normalized spacial score (nSPS) is 31.2. The van der Waals surface area contributed by atoms with Crippen molar-refractivity contribution in [2.24, 2.45) is 5.41 Å². The van der Waals surface area contributed by atoms with Gasteiger partial charge >= 0.3 is 0 Å². The molecule has 1 unspecified atom stereocenters. The Kier molecular flexibility index (Phi) is 4.25. The van der Waals surface area contributed by atoms with Gasteiger partial charge in [-0.25, -0.2) is 0 Å². The predicted octanol–water partition coefficient (Wildman–Crippen LogP) is 0.0338. The highest BCUT2D eigenvalue weighted by molar-refractivity contribution is 5.83. The quantitative estimate of drug-likeness (QED) is 0.664. The Hall–Kier alpha value is -0.650. The van der Waals surface area contributed by atoms with Crippen molar-refractivity contribution in [3.05, 3.63) is 0 Å². The molecule has 0 radical (unpaired) electrons. The summed E-state index contributed by atoms with van der Waals surface area (Å²) in [5.74, 6) is 0.0786. The lowest BCUT2D eigenvalue weighted by Gasteiger charge is -2.34. The molecule has 18 heavy (non-hydrogen) atoms. The summed E-state index contributed by atoms with van der Waals surface area (Å²) in [6, 6.07) is 0. The molecule has 104 valence electrons. The van der Waals surface area contributed by atoms with Crippen LogP contribution in [0.1, 0.15) is 32.6 Å². The van der Waals surface area contributed by atoms with Crippen molar-refractivity contribution in [2.45, 2.75) is 38.2 Å². The average molecular weight is 256 g/mol. The summed E-state index contributed by atoms with van der Waals surface area (Å²) < 4.78 is 5.23. The van der Waals surface area contributed by atoms with Gasteiger partial charge in [-0.2, -0.15) is 0 Å². The maximum absolute atomic E-state index is 12.3. The van der Waals surface area contributed by atoms with Gasteiger partial charge in [0.1, 0.15) is 0 Å². The zero-order valence-corrected chi connectivity index (χ0v) is 11.1. The highest BCUT2D eigenvalue weighted by Crippen LogP contribution is 2.30. The smallest absolute Gasteiger partial charge is 0.227 e. The van der Waals surface area contributed by atoms with E-state index >= 15 is 0 Å². The maximum Gasteiger partial charge on any atom is 0.227 e. The highest BCUT2D eigenvalue weighted by atomic mass is 16.5. The summed E-state index contributed by atoms with van der Waals surface area (Å²) in [4.78, 5) is 12.3. The van der Waals surface area contributed by atoms with E-state index in [0.29, 0.717) is 32.6 Å². The molecule has 2 aliphatic heterocycles. The van der Waals surface area contributed by atoms with Crippen LogP contribution in [0.3, 0.4) is 0 Å². The lowest BCUT2D eigenvalue weighted by molar-refractivity contribution is -0.133. The van der Waals surface area contributed by atoms with Gasteiger partial charge in [0.05, 0.1) is 11.0 Å². The van der Waals surface area contributed by atoms with Gasteiger partial charge < -0.3 is 20.5 Å². The van der Waals surface area contributed by atoms with Crippen molar-refractivity contribution in [3.8, 4) is 0 Å². The first kappa shape index (κ1) is 13.8. The molecule has 0 bridgehead atoms. The summed E-state index contributed by atoms with van der Waals surface area (Å²) >= 11 is 0. The van der Waals surface area contributed by atoms with E-state index in [0.717, 1.165) is 25.9 Å². The number of carbonyl (C=O) groups excluding carboxylic acids is 1. The van der Waals surface area contributed by atoms with Crippen LogP contribution in [0.5, 0.6) is 0 Å². The monoisotopic (exact) mass is 256 g/mol. The number of amides is 1. The number of aliphatic hydroxyl groups is 1. The second-order valence-electron chi connectivity index (χ2n) is 5.58. The zero-order chi connectivity index (χ0) is 13.1. The van der Waals surface area contributed by atoms with Gasteiger partial charge in [-0.1, -0.05) is 6.92 Å². The van der Waals surface area contributed by atoms with E-state index in [9.17, 15) is 9.90 Å². The van der Waals surface area contributed by atoms with Crippen LogP contribution in [0.25, 0.3) is 0 Å². The summed E-state index contributed by atoms with van der Waals surface area (Å²) in [7, 11) is 0. The van der Waals surface area contributed by atoms with Gasteiger partial charge in [0.2, 0.25) is 5.91 Å². The third kappa shape index (κ3) is 2.84. The third-order valence-corrected chi connectivity index (χ3v) is 4.40. The van der Waals surface area contributed by atoms with Crippen LogP contribution in [0.15, 0.2) is 0 Å². The third-order valence-electron chi connectivity index (χ3n) is 4.40. The van der Waals surface area contributed by atoms with Crippen LogP contribution in [0.4, 0.5) is 0 Å². The summed E-state index contributed by atoms with van der Waals surface area (Å²) in [6.07, 6.45) is 2.93. The lowest BCUT2D eigenvalue weighted by atomic mass is 9.83. The molecular weight excluding hydrogens is 232 g/mol. The van der Waals surface area contributed by atoms with Gasteiger partial charge in [0.25, 0.3) is 0 Å². The minimum absolute atomic E-state index is 0.0786. The Morgan fingerprint density at radius 3 is 2.67 bits per heavy atom. The molecule has 1 atom stereocenters. The molecule has 0 aromatic carbocycles. The first-order chi connectivity index (χ1) is 8.60. The second kappa shape index (κ2) is 5.55. The number of hydrogen-bond acceptors (Lipinski definition) is 4. The molecule has 2 aliphatic rings. The molecule has 0 aromatic heterocycles. The Balaban J connectivity index is 1.87. The molecule has 2 saturated heterocycles. The Morgan fingerprint density at radius 2 is 2.11 bits per heavy atom. The molecule has 2 heterocycles. The van der Waals surface area contributed by atoms with Gasteiger partial charge in [-0.15, -0.1) is 0 Å². The van der Waals surface area contributed by atoms with E-state index in [1.807, 2.05) is 0 Å². The highest BCUT2D eigenvalue weighted by Gasteiger charge is 2.40. The molecule has 0 aliphatic carbocycles. The van der Waals surface area contributed by atoms with Gasteiger partial charge in [0.15, 0.2) is 0 Å². The van der Waals surface area contributed by atoms with Crippen molar-refractivity contribution in [1.82, 2.24) is 10.6 Å². The number of hydrogen-bond donors (Lipinski definition) is 3. The summed E-state index contributed by atoms with van der Waals surface area (Å²) in [6.45, 7) is 5.20. The molecule has 1 amide bonds. The molecule has 5 heteroatoms. The fourth-order valence-electron chi connectivity index (χ4n) is 2.76. The number of ether oxygens (including phenoxy) is 1. The van der Waals surface area contributed by atoms with Gasteiger partial charge in [-0.3, -0.25) is 4.79 Å². The van der Waals surface area contributed by atoms with Gasteiger partial charge in [-0.05, 0) is 19.4 Å². The summed E-state index contributed by atoms with van der Waals surface area (Å²) in [5, 5.41) is 16.5. The molecular formula is C13H24N2O3. The van der Waals surface area contributed by atoms with Crippen LogP contribution in [-0.2, 0) is 9.53 Å². The Morgan fingerprint density at radius 1 is 1.39 bits per heavy atom. The van der Waals surface area contributed by atoms with E-state index < -0.39 is 5.60 Å². The van der Waals surface area contributed by atoms with Gasteiger partial charge in [0, 0.05) is 39.1 Å². The molecule has 0 saturated carbocycles. The fraction of sp³-hybridized carbons (Fsp3) is 0.923. The molecule has 2 fully saturated rings. The van der Waals surface area contributed by atoms with Crippen molar-refractivity contribution >= 4 is 5.91 Å². The standard InChI is InChI=1S/C13H24N2O3/c1-2-12(3-6-14-9-12)11(16)15-10-13(17)4-7-18-8-5-13/h14,17H,2-10H2,1H3,(H,15,16). The first-order valence-corrected chi connectivity index (χ1v) is 6.89. The minimum Gasteiger partial charge on any atom is -0.388 e. The first-order valence-electron chi connectivity index (χ1n) is 6.89. The van der Waals surface area contributed by atoms with E-state index in [1.54, 1.807) is 0 Å². The van der Waals surface area contributed by atoms with Crippen molar-refractivity contribution in [1.29, 1.82) is 0 Å². The topological polar surface area (TPSA) is 70.6 Å². The average Bonchev–Trinajstić information content (AvgIpc) is 2.87. The van der Waals surface area contributed by atoms with Crippen molar-refractivity contribution in [3.63, 3.8) is 0 Å². The van der Waals surface area contributed by atoms with Crippen LogP contribution in [-0.4, -0.2) is 49.5 Å². The number of carbonyl (C=O) groups is 1. The van der Waals surface area contributed by atoms with Crippen molar-refractivity contribution < 1.29 is 14.6 Å². The molecule has 0 spiro atoms. The number of rotatable bonds is 4. The van der Waals surface area contributed by atoms with E-state index in [2.05, 4.69) is 17.6 Å². The van der Waals surface area contributed by atoms with E-state index in [-0.39, 0.29) is 11.3 Å². The Labute approximate surface area is 108 Å². The number of nitrogens with one attached hydrogen (secondary N) is 2. The maximum atomic E-state index is 12.3. The fourth-order valence-corrected chi connectivity index (χ4v) is 2.76. The van der Waals surface area contributed by atoms with Crippen LogP contribution in [0, 0.1) is 5.41 Å². The van der Waals surface area contributed by atoms with E-state index in [1.165, 1.54) is 0 Å². The SMILES string of the molecule is CCC1(C(=O)NCC2(O)CCOCC2)CCNC1. The zero-order valence-electron chi connectivity index (χ0n) is 11.1. The van der Waals surface area contributed by atoms with Crippen LogP contribution >= 0.6 is 0 Å². The predicted molar refractivity (Wildman–Crippen MR) is 68.2 cm³/mol. The molecule has 2 rings (SSSR count).